The van der Waals surface area contributed by atoms with Gasteiger partial charge in [0.2, 0.25) is 0 Å². The molecule has 4 heterocycles. The number of ether oxygens (including phenoxy) is 1. The standard InChI is InChI=1S/C26H21F3N6O2/c27-26(28,29)23-13-21(5-4-19(23)17-34-8-10-37-11-9-34)33-25(36)20-12-18(14-30-15-20)3-6-22-16-31-24-2-1-7-32-35(22)24/h1-2,4-5,7,12-16H,8-11,17H2,(H,33,36). The lowest BCUT2D eigenvalue weighted by atomic mass is 10.0. The summed E-state index contributed by atoms with van der Waals surface area (Å²) < 4.78 is 48.3. The van der Waals surface area contributed by atoms with Crippen molar-refractivity contribution < 1.29 is 22.7 Å². The summed E-state index contributed by atoms with van der Waals surface area (Å²) in [5.41, 5.74) is 1.22. The molecule has 1 aliphatic heterocycles. The van der Waals surface area contributed by atoms with E-state index < -0.39 is 17.6 Å². The maximum absolute atomic E-state index is 13.8. The average molecular weight is 506 g/mol. The molecule has 0 atom stereocenters. The smallest absolute Gasteiger partial charge is 0.379 e. The Morgan fingerprint density at radius 3 is 2.73 bits per heavy atom. The number of amides is 1. The first-order valence-electron chi connectivity index (χ1n) is 11.4. The van der Waals surface area contributed by atoms with Crippen LogP contribution >= 0.6 is 0 Å². The Balaban J connectivity index is 1.33. The van der Waals surface area contributed by atoms with E-state index in [1.165, 1.54) is 30.6 Å². The molecule has 1 N–H and O–H groups in total. The first-order valence-corrected chi connectivity index (χ1v) is 11.4. The minimum Gasteiger partial charge on any atom is -0.379 e. The van der Waals surface area contributed by atoms with Crippen molar-refractivity contribution in [2.45, 2.75) is 12.7 Å². The van der Waals surface area contributed by atoms with E-state index in [1.54, 1.807) is 29.0 Å². The Morgan fingerprint density at radius 1 is 1.08 bits per heavy atom. The number of nitrogens with zero attached hydrogens (tertiary/aromatic N) is 5. The predicted octanol–water partition coefficient (Wildman–Crippen LogP) is 3.63. The van der Waals surface area contributed by atoms with Gasteiger partial charge in [0.25, 0.3) is 5.91 Å². The van der Waals surface area contributed by atoms with Gasteiger partial charge in [-0.2, -0.15) is 18.3 Å². The summed E-state index contributed by atoms with van der Waals surface area (Å²) in [5.74, 6) is 5.27. The molecule has 37 heavy (non-hydrogen) atoms. The van der Waals surface area contributed by atoms with E-state index in [0.29, 0.717) is 43.2 Å². The molecule has 0 aliphatic carbocycles. The third kappa shape index (κ3) is 5.77. The highest BCUT2D eigenvalue weighted by molar-refractivity contribution is 6.04. The van der Waals surface area contributed by atoms with Gasteiger partial charge in [0.05, 0.1) is 30.5 Å². The molecular formula is C26H21F3N6O2. The van der Waals surface area contributed by atoms with Crippen LogP contribution in [0.2, 0.25) is 0 Å². The van der Waals surface area contributed by atoms with Crippen LogP contribution in [0.5, 0.6) is 0 Å². The predicted molar refractivity (Wildman–Crippen MR) is 129 cm³/mol. The second-order valence-corrected chi connectivity index (χ2v) is 8.36. The number of halogens is 3. The number of carbonyl (C=O) groups excluding carboxylic acids is 1. The molecule has 11 heteroatoms. The summed E-state index contributed by atoms with van der Waals surface area (Å²) in [7, 11) is 0. The van der Waals surface area contributed by atoms with Gasteiger partial charge in [-0.25, -0.2) is 9.50 Å². The summed E-state index contributed by atoms with van der Waals surface area (Å²) in [5, 5.41) is 6.73. The zero-order chi connectivity index (χ0) is 25.8. The number of hydrogen-bond donors (Lipinski definition) is 1. The summed E-state index contributed by atoms with van der Waals surface area (Å²) in [6.07, 6.45) is 1.45. The minimum atomic E-state index is -4.56. The Hall–Kier alpha value is -4.27. The van der Waals surface area contributed by atoms with Crippen molar-refractivity contribution in [3.8, 4) is 11.8 Å². The van der Waals surface area contributed by atoms with Crippen LogP contribution in [0, 0.1) is 11.8 Å². The van der Waals surface area contributed by atoms with Crippen LogP contribution in [0.1, 0.15) is 32.7 Å². The average Bonchev–Trinajstić information content (AvgIpc) is 3.31. The van der Waals surface area contributed by atoms with Crippen molar-refractivity contribution in [3.63, 3.8) is 0 Å². The molecular weight excluding hydrogens is 485 g/mol. The van der Waals surface area contributed by atoms with Crippen LogP contribution in [-0.2, 0) is 17.5 Å². The molecule has 0 radical (unpaired) electrons. The van der Waals surface area contributed by atoms with Crippen molar-refractivity contribution in [1.29, 1.82) is 0 Å². The molecule has 1 fully saturated rings. The third-order valence-corrected chi connectivity index (χ3v) is 5.78. The SMILES string of the molecule is O=C(Nc1ccc(CN2CCOCC2)c(C(F)(F)F)c1)c1cncc(C#Cc2cnc3cccnn23)c1. The van der Waals surface area contributed by atoms with Crippen molar-refractivity contribution in [2.75, 3.05) is 31.6 Å². The van der Waals surface area contributed by atoms with E-state index in [-0.39, 0.29) is 23.4 Å². The van der Waals surface area contributed by atoms with Gasteiger partial charge >= 0.3 is 6.18 Å². The molecule has 0 unspecified atom stereocenters. The lowest BCUT2D eigenvalue weighted by Crippen LogP contribution is -2.36. The maximum Gasteiger partial charge on any atom is 0.416 e. The summed E-state index contributed by atoms with van der Waals surface area (Å²) in [4.78, 5) is 23.0. The molecule has 4 aromatic rings. The number of hydrogen-bond acceptors (Lipinski definition) is 6. The van der Waals surface area contributed by atoms with E-state index in [2.05, 4.69) is 32.2 Å². The van der Waals surface area contributed by atoms with Crippen molar-refractivity contribution >= 4 is 17.2 Å². The van der Waals surface area contributed by atoms with E-state index in [4.69, 9.17) is 4.74 Å². The molecule has 1 saturated heterocycles. The van der Waals surface area contributed by atoms with Crippen molar-refractivity contribution in [1.82, 2.24) is 24.5 Å². The summed E-state index contributed by atoms with van der Waals surface area (Å²) >= 11 is 0. The van der Waals surface area contributed by atoms with E-state index in [0.717, 1.165) is 6.07 Å². The number of alkyl halides is 3. The largest absolute Gasteiger partial charge is 0.416 e. The Bertz CT molecular complexity index is 1500. The van der Waals surface area contributed by atoms with Gasteiger partial charge in [-0.1, -0.05) is 12.0 Å². The zero-order valence-electron chi connectivity index (χ0n) is 19.5. The highest BCUT2D eigenvalue weighted by Crippen LogP contribution is 2.34. The Kier molecular flexibility index (Phi) is 6.85. The number of rotatable bonds is 4. The van der Waals surface area contributed by atoms with Crippen molar-refractivity contribution in [2.24, 2.45) is 0 Å². The molecule has 0 saturated carbocycles. The number of carbonyl (C=O) groups is 1. The van der Waals surface area contributed by atoms with Crippen LogP contribution in [-0.4, -0.2) is 56.7 Å². The molecule has 0 spiro atoms. The fraction of sp³-hybridized carbons (Fsp3) is 0.231. The van der Waals surface area contributed by atoms with Gasteiger partial charge in [0, 0.05) is 49.5 Å². The number of fused-ring (bicyclic) bond motifs is 1. The molecule has 1 aliphatic rings. The van der Waals surface area contributed by atoms with Crippen LogP contribution in [0.25, 0.3) is 5.65 Å². The number of nitrogens with one attached hydrogen (secondary N) is 1. The van der Waals surface area contributed by atoms with Crippen molar-refractivity contribution in [3.05, 3.63) is 89.1 Å². The normalized spacial score (nSPS) is 14.2. The monoisotopic (exact) mass is 506 g/mol. The van der Waals surface area contributed by atoms with Crippen LogP contribution in [0.3, 0.4) is 0 Å². The Morgan fingerprint density at radius 2 is 1.92 bits per heavy atom. The lowest BCUT2D eigenvalue weighted by molar-refractivity contribution is -0.138. The minimum absolute atomic E-state index is 0.0383. The van der Waals surface area contributed by atoms with E-state index in [1.807, 2.05) is 4.90 Å². The van der Waals surface area contributed by atoms with Crippen LogP contribution in [0.4, 0.5) is 18.9 Å². The molecule has 188 valence electrons. The van der Waals surface area contributed by atoms with E-state index in [9.17, 15) is 18.0 Å². The van der Waals surface area contributed by atoms with E-state index >= 15 is 0 Å². The number of pyridine rings is 1. The first kappa shape index (κ1) is 24.4. The topological polar surface area (TPSA) is 84.7 Å². The third-order valence-electron chi connectivity index (χ3n) is 5.78. The van der Waals surface area contributed by atoms with Gasteiger partial charge in [-0.05, 0) is 41.8 Å². The van der Waals surface area contributed by atoms with Gasteiger partial charge in [0.1, 0.15) is 5.69 Å². The zero-order valence-corrected chi connectivity index (χ0v) is 19.5. The second kappa shape index (κ2) is 10.4. The molecule has 3 aromatic heterocycles. The van der Waals surface area contributed by atoms with Gasteiger partial charge in [-0.15, -0.1) is 0 Å². The first-order chi connectivity index (χ1) is 17.9. The molecule has 1 amide bonds. The summed E-state index contributed by atoms with van der Waals surface area (Å²) in [6, 6.07) is 8.91. The lowest BCUT2D eigenvalue weighted by Gasteiger charge is -2.27. The number of morpholine rings is 1. The van der Waals surface area contributed by atoms with Crippen LogP contribution < -0.4 is 5.32 Å². The highest BCUT2D eigenvalue weighted by atomic mass is 19.4. The molecule has 0 bridgehead atoms. The molecule has 8 nitrogen and oxygen atoms in total. The number of aromatic nitrogens is 4. The fourth-order valence-electron chi connectivity index (χ4n) is 3.94. The highest BCUT2D eigenvalue weighted by Gasteiger charge is 2.34. The van der Waals surface area contributed by atoms with Gasteiger partial charge < -0.3 is 10.1 Å². The van der Waals surface area contributed by atoms with Crippen LogP contribution in [0.15, 0.2) is 61.2 Å². The fourth-order valence-corrected chi connectivity index (χ4v) is 3.94. The van der Waals surface area contributed by atoms with Gasteiger partial charge in [0.15, 0.2) is 5.65 Å². The number of imidazole rings is 1. The molecule has 1 aromatic carbocycles. The Labute approximate surface area is 210 Å². The maximum atomic E-state index is 13.8. The quantitative estimate of drug-likeness (QED) is 0.426. The van der Waals surface area contributed by atoms with Gasteiger partial charge in [-0.3, -0.25) is 14.7 Å². The second-order valence-electron chi connectivity index (χ2n) is 8.36. The summed E-state index contributed by atoms with van der Waals surface area (Å²) in [6.45, 7) is 2.26. The number of benzene rings is 1. The number of anilines is 1. The molecule has 5 rings (SSSR count).